The molecule has 5 heteroatoms. The van der Waals surface area contributed by atoms with Crippen LogP contribution in [-0.2, 0) is 7.05 Å². The van der Waals surface area contributed by atoms with Crippen molar-refractivity contribution < 1.29 is 0 Å². The van der Waals surface area contributed by atoms with Gasteiger partial charge in [-0.25, -0.2) is 23.5 Å². The van der Waals surface area contributed by atoms with Crippen molar-refractivity contribution >= 4 is 0 Å². The van der Waals surface area contributed by atoms with Gasteiger partial charge < -0.3 is 0 Å². The van der Waals surface area contributed by atoms with E-state index in [0.29, 0.717) is 11.8 Å². The zero-order valence-electron chi connectivity index (χ0n) is 12.2. The Hall–Kier alpha value is -1.52. The predicted molar refractivity (Wildman–Crippen MR) is 75.8 cm³/mol. The Kier molecular flexibility index (Phi) is 2.18. The van der Waals surface area contributed by atoms with E-state index in [9.17, 15) is 9.59 Å². The average Bonchev–Trinajstić information content (AvgIpc) is 2.99. The second kappa shape index (κ2) is 3.57. The van der Waals surface area contributed by atoms with Gasteiger partial charge in [0.1, 0.15) is 0 Å². The van der Waals surface area contributed by atoms with Gasteiger partial charge in [0.25, 0.3) is 0 Å². The van der Waals surface area contributed by atoms with Crippen molar-refractivity contribution in [2.24, 2.45) is 24.3 Å². The molecule has 0 N–H and O–H groups in total. The van der Waals surface area contributed by atoms with Gasteiger partial charge in [-0.15, -0.1) is 0 Å². The van der Waals surface area contributed by atoms with Gasteiger partial charge in [-0.05, 0) is 24.7 Å². The summed E-state index contributed by atoms with van der Waals surface area (Å²) in [5.74, 6) is 1.01. The molecule has 0 aromatic carbocycles. The lowest BCUT2D eigenvalue weighted by atomic mass is 9.59. The highest BCUT2D eigenvalue weighted by atomic mass is 16.2. The number of hydrogen-bond acceptors (Lipinski definition) is 2. The SMILES string of the molecule is CC(C)[C@@]12CCC[C@@H]1[C@@H]1C=C[C@@H]2n2c(=O)n(C)c(=O)n21. The lowest BCUT2D eigenvalue weighted by Crippen LogP contribution is -2.55. The fourth-order valence-electron chi connectivity index (χ4n) is 5.19. The average molecular weight is 275 g/mol. The molecular weight excluding hydrogens is 254 g/mol. The first kappa shape index (κ1) is 12.2. The number of aromatic nitrogens is 3. The maximum Gasteiger partial charge on any atom is 0.347 e. The van der Waals surface area contributed by atoms with Gasteiger partial charge in [0.15, 0.2) is 0 Å². The van der Waals surface area contributed by atoms with Crippen molar-refractivity contribution in [3.8, 4) is 0 Å². The first-order chi connectivity index (χ1) is 9.50. The summed E-state index contributed by atoms with van der Waals surface area (Å²) < 4.78 is 4.69. The normalized spacial score (nSPS) is 37.5. The fourth-order valence-corrected chi connectivity index (χ4v) is 5.19. The summed E-state index contributed by atoms with van der Waals surface area (Å²) in [6, 6.07) is 0.104. The fraction of sp³-hybridized carbons (Fsp3) is 0.733. The van der Waals surface area contributed by atoms with Crippen LogP contribution in [0.15, 0.2) is 21.7 Å². The lowest BCUT2D eigenvalue weighted by Gasteiger charge is -2.54. The minimum atomic E-state index is -0.168. The van der Waals surface area contributed by atoms with Gasteiger partial charge in [0.05, 0.1) is 12.1 Å². The van der Waals surface area contributed by atoms with Crippen LogP contribution in [-0.4, -0.2) is 13.9 Å². The Morgan fingerprint density at radius 1 is 1.20 bits per heavy atom. The topological polar surface area (TPSA) is 48.9 Å². The molecule has 4 aliphatic rings. The number of rotatable bonds is 1. The van der Waals surface area contributed by atoms with Gasteiger partial charge in [0, 0.05) is 12.5 Å². The largest absolute Gasteiger partial charge is 0.347 e. The molecule has 0 saturated heterocycles. The van der Waals surface area contributed by atoms with Gasteiger partial charge >= 0.3 is 11.4 Å². The van der Waals surface area contributed by atoms with Gasteiger partial charge in [-0.2, -0.15) is 0 Å². The molecule has 1 saturated carbocycles. The molecule has 5 rings (SSSR count). The summed E-state index contributed by atoms with van der Waals surface area (Å²) in [4.78, 5) is 24.8. The first-order valence-electron chi connectivity index (χ1n) is 7.58. The van der Waals surface area contributed by atoms with Crippen molar-refractivity contribution in [2.45, 2.75) is 45.2 Å². The predicted octanol–water partition coefficient (Wildman–Crippen LogP) is 1.46. The summed E-state index contributed by atoms with van der Waals surface area (Å²) in [5, 5.41) is 0. The van der Waals surface area contributed by atoms with Crippen molar-refractivity contribution in [3.05, 3.63) is 33.1 Å². The Bertz CT molecular complexity index is 720. The lowest BCUT2D eigenvalue weighted by molar-refractivity contribution is -0.0189. The van der Waals surface area contributed by atoms with Gasteiger partial charge in [-0.1, -0.05) is 32.4 Å². The molecule has 1 aromatic rings. The van der Waals surface area contributed by atoms with E-state index in [4.69, 9.17) is 0 Å². The molecule has 0 spiro atoms. The van der Waals surface area contributed by atoms with Crippen LogP contribution >= 0.6 is 0 Å². The molecule has 5 nitrogen and oxygen atoms in total. The van der Waals surface area contributed by atoms with Crippen LogP contribution in [0.25, 0.3) is 0 Å². The molecule has 0 unspecified atom stereocenters. The molecule has 108 valence electrons. The molecule has 20 heavy (non-hydrogen) atoms. The minimum Gasteiger partial charge on any atom is -0.246 e. The van der Waals surface area contributed by atoms with E-state index in [1.165, 1.54) is 17.4 Å². The van der Waals surface area contributed by atoms with Crippen LogP contribution in [0.1, 0.15) is 45.2 Å². The molecule has 2 aliphatic carbocycles. The molecular formula is C15H21N3O2. The number of allylic oxidation sites excluding steroid dienone is 2. The molecule has 2 bridgehead atoms. The molecule has 4 atom stereocenters. The first-order valence-corrected chi connectivity index (χ1v) is 7.58. The third-order valence-electron chi connectivity index (χ3n) is 6.09. The zero-order chi connectivity index (χ0) is 14.2. The highest BCUT2D eigenvalue weighted by Gasteiger charge is 2.59. The molecule has 1 fully saturated rings. The van der Waals surface area contributed by atoms with Crippen LogP contribution in [0.5, 0.6) is 0 Å². The molecule has 1 aromatic heterocycles. The summed E-state index contributed by atoms with van der Waals surface area (Å²) in [6.07, 6.45) is 7.86. The van der Waals surface area contributed by atoms with Crippen LogP contribution in [0.4, 0.5) is 0 Å². The number of hydrogen-bond donors (Lipinski definition) is 0. The highest BCUT2D eigenvalue weighted by molar-refractivity contribution is 5.21. The summed E-state index contributed by atoms with van der Waals surface area (Å²) >= 11 is 0. The van der Waals surface area contributed by atoms with Crippen LogP contribution in [0.3, 0.4) is 0 Å². The van der Waals surface area contributed by atoms with E-state index in [1.807, 2.05) is 0 Å². The molecule has 2 aliphatic heterocycles. The third kappa shape index (κ3) is 1.08. The number of nitrogens with zero attached hydrogens (tertiary/aromatic N) is 3. The van der Waals surface area contributed by atoms with Crippen molar-refractivity contribution in [3.63, 3.8) is 0 Å². The summed E-state index contributed by atoms with van der Waals surface area (Å²) in [5.41, 5.74) is -0.185. The Labute approximate surface area is 117 Å². The molecule has 0 radical (unpaired) electrons. The van der Waals surface area contributed by atoms with E-state index in [1.54, 1.807) is 16.4 Å². The van der Waals surface area contributed by atoms with Crippen molar-refractivity contribution in [2.75, 3.05) is 0 Å². The Morgan fingerprint density at radius 3 is 2.60 bits per heavy atom. The summed E-state index contributed by atoms with van der Waals surface area (Å²) in [6.45, 7) is 4.53. The zero-order valence-corrected chi connectivity index (χ0v) is 12.2. The smallest absolute Gasteiger partial charge is 0.246 e. The highest BCUT2D eigenvalue weighted by Crippen LogP contribution is 2.63. The maximum atomic E-state index is 12.4. The van der Waals surface area contributed by atoms with Crippen molar-refractivity contribution in [1.82, 2.24) is 13.9 Å². The van der Waals surface area contributed by atoms with E-state index < -0.39 is 0 Å². The second-order valence-electron chi connectivity index (χ2n) is 6.90. The molecule has 0 amide bonds. The standard InChI is InChI=1S/C15H21N3O2/c1-9(2)15-8-4-5-10(15)11-6-7-12(15)18-14(20)16(3)13(19)17(11)18/h6-7,9-12H,4-5,8H2,1-3H3/t10-,11+,12+,15+/m1/s1. The summed E-state index contributed by atoms with van der Waals surface area (Å²) in [7, 11) is 1.58. The minimum absolute atomic E-state index is 0.0430. The maximum absolute atomic E-state index is 12.4. The van der Waals surface area contributed by atoms with Gasteiger partial charge in [-0.3, -0.25) is 0 Å². The van der Waals surface area contributed by atoms with Gasteiger partial charge in [0.2, 0.25) is 0 Å². The third-order valence-corrected chi connectivity index (χ3v) is 6.09. The van der Waals surface area contributed by atoms with E-state index >= 15 is 0 Å². The monoisotopic (exact) mass is 275 g/mol. The van der Waals surface area contributed by atoms with E-state index in [-0.39, 0.29) is 28.9 Å². The molecule has 3 heterocycles. The van der Waals surface area contributed by atoms with Crippen LogP contribution in [0, 0.1) is 17.3 Å². The van der Waals surface area contributed by atoms with E-state index in [2.05, 4.69) is 26.0 Å². The van der Waals surface area contributed by atoms with E-state index in [0.717, 1.165) is 6.42 Å². The van der Waals surface area contributed by atoms with Crippen LogP contribution in [0.2, 0.25) is 0 Å². The Balaban J connectivity index is 2.06. The quantitative estimate of drug-likeness (QED) is 0.728. The Morgan fingerprint density at radius 2 is 1.90 bits per heavy atom. The van der Waals surface area contributed by atoms with Crippen molar-refractivity contribution in [1.29, 1.82) is 0 Å². The second-order valence-corrected chi connectivity index (χ2v) is 6.90. The van der Waals surface area contributed by atoms with Crippen LogP contribution < -0.4 is 11.4 Å².